The summed E-state index contributed by atoms with van der Waals surface area (Å²) in [5.41, 5.74) is 3.89. The average Bonchev–Trinajstić information content (AvgIpc) is 2.84. The predicted octanol–water partition coefficient (Wildman–Crippen LogP) is 4.43. The molecule has 0 radical (unpaired) electrons. The summed E-state index contributed by atoms with van der Waals surface area (Å²) in [6.45, 7) is 2.57. The Labute approximate surface area is 193 Å². The van der Waals surface area contributed by atoms with Crippen LogP contribution in [0.25, 0.3) is 0 Å². The van der Waals surface area contributed by atoms with Gasteiger partial charge in [0, 0.05) is 23.2 Å². The molecule has 2 aromatic carbocycles. The Kier molecular flexibility index (Phi) is 6.40. The van der Waals surface area contributed by atoms with E-state index in [9.17, 15) is 14.9 Å². The number of rotatable bonds is 5. The molecule has 0 spiro atoms. The van der Waals surface area contributed by atoms with E-state index in [4.69, 9.17) is 9.47 Å². The first-order valence-electron chi connectivity index (χ1n) is 11.1. The quantitative estimate of drug-likeness (QED) is 0.704. The number of ether oxygens (including phenoxy) is 2. The van der Waals surface area contributed by atoms with Crippen LogP contribution in [-0.4, -0.2) is 37.1 Å². The normalized spacial score (nSPS) is 19.7. The number of hydrogen-bond acceptors (Lipinski definition) is 5. The molecule has 1 fully saturated rings. The molecular weight excluding hydrogens is 420 g/mol. The SMILES string of the molecule is COc1ccc(NC(=O)C2CCC(N3Cc4c(C)ccc(OC)c4NC3=O)CC2)cc1C#N. The van der Waals surface area contributed by atoms with Gasteiger partial charge in [0.25, 0.3) is 0 Å². The van der Waals surface area contributed by atoms with E-state index in [1.165, 1.54) is 7.11 Å². The van der Waals surface area contributed by atoms with E-state index in [2.05, 4.69) is 16.7 Å². The van der Waals surface area contributed by atoms with Gasteiger partial charge >= 0.3 is 6.03 Å². The molecule has 8 heteroatoms. The molecule has 3 amide bonds. The summed E-state index contributed by atoms with van der Waals surface area (Å²) in [6, 6.07) is 10.9. The zero-order chi connectivity index (χ0) is 23.5. The highest BCUT2D eigenvalue weighted by Crippen LogP contribution is 2.38. The summed E-state index contributed by atoms with van der Waals surface area (Å²) >= 11 is 0. The summed E-state index contributed by atoms with van der Waals surface area (Å²) in [5, 5.41) is 15.2. The van der Waals surface area contributed by atoms with Crippen LogP contribution >= 0.6 is 0 Å². The van der Waals surface area contributed by atoms with Gasteiger partial charge in [-0.25, -0.2) is 4.79 Å². The van der Waals surface area contributed by atoms with E-state index in [-0.39, 0.29) is 23.9 Å². The summed E-state index contributed by atoms with van der Waals surface area (Å²) < 4.78 is 10.6. The van der Waals surface area contributed by atoms with Crippen molar-refractivity contribution in [3.8, 4) is 17.6 Å². The smallest absolute Gasteiger partial charge is 0.322 e. The monoisotopic (exact) mass is 448 g/mol. The van der Waals surface area contributed by atoms with E-state index < -0.39 is 0 Å². The fourth-order valence-corrected chi connectivity index (χ4v) is 4.72. The molecule has 2 aliphatic rings. The molecule has 1 aliphatic heterocycles. The molecule has 0 unspecified atom stereocenters. The minimum atomic E-state index is -0.129. The molecule has 0 saturated heterocycles. The van der Waals surface area contributed by atoms with Crippen molar-refractivity contribution >= 4 is 23.3 Å². The minimum Gasteiger partial charge on any atom is -0.495 e. The standard InChI is InChI=1S/C25H28N4O4/c1-15-4-10-22(33-3)23-20(15)14-29(25(31)28-23)19-8-5-16(6-9-19)24(30)27-18-7-11-21(32-2)17(12-18)13-26/h4,7,10-12,16,19H,5-6,8-9,14H2,1-3H3,(H,27,30)(H,28,31). The van der Waals surface area contributed by atoms with Crippen LogP contribution in [0.3, 0.4) is 0 Å². The van der Waals surface area contributed by atoms with Crippen LogP contribution in [0.1, 0.15) is 42.4 Å². The Morgan fingerprint density at radius 2 is 1.82 bits per heavy atom. The highest BCUT2D eigenvalue weighted by atomic mass is 16.5. The van der Waals surface area contributed by atoms with Crippen LogP contribution in [0.5, 0.6) is 11.5 Å². The largest absolute Gasteiger partial charge is 0.495 e. The van der Waals surface area contributed by atoms with Crippen molar-refractivity contribution in [3.63, 3.8) is 0 Å². The Hall–Kier alpha value is -3.73. The predicted molar refractivity (Wildman–Crippen MR) is 124 cm³/mol. The molecule has 0 atom stereocenters. The van der Waals surface area contributed by atoms with Gasteiger partial charge in [0.15, 0.2) is 0 Å². The van der Waals surface area contributed by atoms with E-state index in [0.717, 1.165) is 29.7 Å². The molecule has 172 valence electrons. The second kappa shape index (κ2) is 9.41. The number of anilines is 2. The van der Waals surface area contributed by atoms with Crippen molar-refractivity contribution in [1.29, 1.82) is 5.26 Å². The van der Waals surface area contributed by atoms with Crippen molar-refractivity contribution in [2.45, 2.75) is 45.2 Å². The van der Waals surface area contributed by atoms with Crippen LogP contribution in [0.2, 0.25) is 0 Å². The number of methoxy groups -OCH3 is 2. The van der Waals surface area contributed by atoms with Crippen molar-refractivity contribution in [2.75, 3.05) is 24.9 Å². The lowest BCUT2D eigenvalue weighted by molar-refractivity contribution is -0.121. The molecule has 1 aliphatic carbocycles. The summed E-state index contributed by atoms with van der Waals surface area (Å²) in [6.07, 6.45) is 2.92. The number of carbonyl (C=O) groups excluding carboxylic acids is 2. The molecule has 8 nitrogen and oxygen atoms in total. The highest BCUT2D eigenvalue weighted by molar-refractivity contribution is 5.95. The Morgan fingerprint density at radius 3 is 2.48 bits per heavy atom. The van der Waals surface area contributed by atoms with Gasteiger partial charge in [0.1, 0.15) is 17.6 Å². The maximum Gasteiger partial charge on any atom is 0.322 e. The number of nitrogens with one attached hydrogen (secondary N) is 2. The van der Waals surface area contributed by atoms with E-state index in [1.54, 1.807) is 25.3 Å². The summed E-state index contributed by atoms with van der Waals surface area (Å²) in [4.78, 5) is 27.5. The minimum absolute atomic E-state index is 0.0588. The highest BCUT2D eigenvalue weighted by Gasteiger charge is 2.35. The van der Waals surface area contributed by atoms with E-state index in [1.807, 2.05) is 24.0 Å². The van der Waals surface area contributed by atoms with Gasteiger partial charge in [-0.15, -0.1) is 0 Å². The number of benzene rings is 2. The van der Waals surface area contributed by atoms with Gasteiger partial charge in [-0.05, 0) is 62.4 Å². The van der Waals surface area contributed by atoms with Gasteiger partial charge in [-0.2, -0.15) is 5.26 Å². The Bertz CT molecular complexity index is 1120. The zero-order valence-electron chi connectivity index (χ0n) is 19.1. The van der Waals surface area contributed by atoms with Crippen LogP contribution in [0.4, 0.5) is 16.2 Å². The second-order valence-corrected chi connectivity index (χ2v) is 8.52. The molecule has 1 heterocycles. The third-order valence-corrected chi connectivity index (χ3v) is 6.65. The van der Waals surface area contributed by atoms with Crippen LogP contribution in [-0.2, 0) is 11.3 Å². The summed E-state index contributed by atoms with van der Waals surface area (Å²) in [5.74, 6) is 0.958. The fraction of sp³-hybridized carbons (Fsp3) is 0.400. The first kappa shape index (κ1) is 22.5. The van der Waals surface area contributed by atoms with E-state index >= 15 is 0 Å². The lowest BCUT2D eigenvalue weighted by Gasteiger charge is -2.39. The van der Waals surface area contributed by atoms with Gasteiger partial charge in [0.2, 0.25) is 5.91 Å². The first-order chi connectivity index (χ1) is 15.9. The maximum atomic E-state index is 12.8. The van der Waals surface area contributed by atoms with Crippen LogP contribution in [0, 0.1) is 24.2 Å². The van der Waals surface area contributed by atoms with Gasteiger partial charge in [-0.3, -0.25) is 4.79 Å². The lowest BCUT2D eigenvalue weighted by Crippen LogP contribution is -2.47. The number of aryl methyl sites for hydroxylation is 1. The topological polar surface area (TPSA) is 104 Å². The molecule has 2 N–H and O–H groups in total. The Balaban J connectivity index is 1.39. The third-order valence-electron chi connectivity index (χ3n) is 6.65. The van der Waals surface area contributed by atoms with Gasteiger partial charge < -0.3 is 25.0 Å². The fourth-order valence-electron chi connectivity index (χ4n) is 4.72. The first-order valence-corrected chi connectivity index (χ1v) is 11.1. The molecule has 2 aromatic rings. The number of nitrogens with zero attached hydrogens (tertiary/aromatic N) is 2. The number of nitriles is 1. The van der Waals surface area contributed by atoms with Crippen LogP contribution in [0.15, 0.2) is 30.3 Å². The van der Waals surface area contributed by atoms with E-state index in [0.29, 0.717) is 42.1 Å². The maximum absolute atomic E-state index is 12.8. The van der Waals surface area contributed by atoms with Crippen molar-refractivity contribution in [1.82, 2.24) is 4.90 Å². The molecule has 0 aromatic heterocycles. The second-order valence-electron chi connectivity index (χ2n) is 8.52. The average molecular weight is 449 g/mol. The van der Waals surface area contributed by atoms with Crippen LogP contribution < -0.4 is 20.1 Å². The number of urea groups is 1. The Morgan fingerprint density at radius 1 is 1.12 bits per heavy atom. The van der Waals surface area contributed by atoms with Crippen molar-refractivity contribution < 1.29 is 19.1 Å². The van der Waals surface area contributed by atoms with Crippen molar-refractivity contribution in [2.24, 2.45) is 5.92 Å². The molecule has 33 heavy (non-hydrogen) atoms. The zero-order valence-corrected chi connectivity index (χ0v) is 19.1. The summed E-state index contributed by atoms with van der Waals surface area (Å²) in [7, 11) is 3.11. The molecule has 0 bridgehead atoms. The molecular formula is C25H28N4O4. The molecule has 4 rings (SSSR count). The van der Waals surface area contributed by atoms with Crippen molar-refractivity contribution in [3.05, 3.63) is 47.0 Å². The lowest BCUT2D eigenvalue weighted by atomic mass is 9.84. The van der Waals surface area contributed by atoms with Gasteiger partial charge in [-0.1, -0.05) is 6.07 Å². The van der Waals surface area contributed by atoms with Gasteiger partial charge in [0.05, 0.1) is 32.0 Å². The third kappa shape index (κ3) is 4.44. The number of carbonyl (C=O) groups is 2. The number of amides is 3. The number of fused-ring (bicyclic) bond motifs is 1. The number of hydrogen-bond donors (Lipinski definition) is 2. The molecule has 1 saturated carbocycles.